The lowest BCUT2D eigenvalue weighted by atomic mass is 9.67. The second kappa shape index (κ2) is 9.30. The maximum Gasteiger partial charge on any atom is 0.140 e. The number of nitriles is 1. The fourth-order valence-electron chi connectivity index (χ4n) is 4.08. The van der Waals surface area contributed by atoms with Crippen LogP contribution < -0.4 is 0 Å². The molecule has 1 aromatic rings. The molecule has 1 heterocycles. The maximum absolute atomic E-state index is 12.9. The molecule has 0 saturated carbocycles. The van der Waals surface area contributed by atoms with Gasteiger partial charge < -0.3 is 9.64 Å². The summed E-state index contributed by atoms with van der Waals surface area (Å²) in [4.78, 5) is 15.3. The molecule has 0 amide bonds. The number of likely N-dealkylation sites (tertiary alicyclic amines) is 1. The maximum atomic E-state index is 12.9. The van der Waals surface area contributed by atoms with E-state index in [1.54, 1.807) is 14.0 Å². The fraction of sp³-hybridized carbons (Fsp3) is 0.565. The van der Waals surface area contributed by atoms with Crippen LogP contribution in [-0.2, 0) is 21.4 Å². The van der Waals surface area contributed by atoms with E-state index in [4.69, 9.17) is 4.74 Å². The van der Waals surface area contributed by atoms with Crippen molar-refractivity contribution in [2.24, 2.45) is 0 Å². The minimum absolute atomic E-state index is 0.199. The Bertz CT molecular complexity index is 722. The van der Waals surface area contributed by atoms with Crippen LogP contribution in [0.15, 0.2) is 30.4 Å². The molecule has 4 nitrogen and oxygen atoms in total. The molecular weight excluding hydrogens is 336 g/mol. The summed E-state index contributed by atoms with van der Waals surface area (Å²) < 4.78 is 5.16. The van der Waals surface area contributed by atoms with Crippen molar-refractivity contribution in [1.82, 2.24) is 4.90 Å². The van der Waals surface area contributed by atoms with Gasteiger partial charge in [0.15, 0.2) is 0 Å². The smallest absolute Gasteiger partial charge is 0.140 e. The molecule has 27 heavy (non-hydrogen) atoms. The first-order valence-corrected chi connectivity index (χ1v) is 9.78. The first-order valence-electron chi connectivity index (χ1n) is 9.78. The highest BCUT2D eigenvalue weighted by Crippen LogP contribution is 2.40. The van der Waals surface area contributed by atoms with E-state index in [1.807, 2.05) is 18.2 Å². The van der Waals surface area contributed by atoms with Crippen LogP contribution >= 0.6 is 0 Å². The Morgan fingerprint density at radius 3 is 2.56 bits per heavy atom. The molecule has 0 spiro atoms. The number of piperidine rings is 1. The first kappa shape index (κ1) is 21.3. The summed E-state index contributed by atoms with van der Waals surface area (Å²) in [7, 11) is 1.69. The van der Waals surface area contributed by atoms with E-state index in [9.17, 15) is 10.1 Å². The normalized spacial score (nSPS) is 16.9. The highest BCUT2D eigenvalue weighted by atomic mass is 16.5. The van der Waals surface area contributed by atoms with Crippen LogP contribution in [0.4, 0.5) is 0 Å². The van der Waals surface area contributed by atoms with Crippen LogP contribution in [-0.4, -0.2) is 43.5 Å². The monoisotopic (exact) mass is 368 g/mol. The summed E-state index contributed by atoms with van der Waals surface area (Å²) in [6, 6.07) is 8.51. The molecule has 0 bridgehead atoms. The second-order valence-electron chi connectivity index (χ2n) is 7.92. The lowest BCUT2D eigenvalue weighted by Crippen LogP contribution is -2.49. The number of methoxy groups -OCH3 is 1. The Hall–Kier alpha value is -1.96. The largest absolute Gasteiger partial charge is 0.384 e. The molecule has 0 N–H and O–H groups in total. The number of ether oxygens (including phenoxy) is 1. The van der Waals surface area contributed by atoms with Gasteiger partial charge in [-0.25, -0.2) is 0 Å². The lowest BCUT2D eigenvalue weighted by Gasteiger charge is -2.43. The van der Waals surface area contributed by atoms with E-state index in [0.717, 1.165) is 49.1 Å². The topological polar surface area (TPSA) is 53.3 Å². The average Bonchev–Trinajstić information content (AvgIpc) is 2.66. The summed E-state index contributed by atoms with van der Waals surface area (Å²) in [6.45, 7) is 12.7. The number of carbonyl (C=O) groups is 1. The molecule has 1 aliphatic heterocycles. The van der Waals surface area contributed by atoms with E-state index in [-0.39, 0.29) is 5.78 Å². The Morgan fingerprint density at radius 1 is 1.37 bits per heavy atom. The molecule has 0 radical (unpaired) electrons. The SMILES string of the molecule is C=C(CCOC)Cc1ccc(C#N)cc1C1(C(C)=O)CCN(C(C)C)CC1. The second-order valence-corrected chi connectivity index (χ2v) is 7.92. The van der Waals surface area contributed by atoms with Gasteiger partial charge in [0.1, 0.15) is 5.78 Å². The number of hydrogen-bond donors (Lipinski definition) is 0. The molecule has 1 aromatic carbocycles. The van der Waals surface area contributed by atoms with Crippen LogP contribution in [0.25, 0.3) is 0 Å². The zero-order valence-corrected chi connectivity index (χ0v) is 17.2. The standard InChI is InChI=1S/C23H32N2O2/c1-17(2)25-11-9-23(10-12-25,19(4)26)22-15-20(16-24)6-7-21(22)14-18(3)8-13-27-5/h6-7,15,17H,3,8-14H2,1-2,4-5H3. The minimum Gasteiger partial charge on any atom is -0.384 e. The molecule has 4 heteroatoms. The Labute approximate surface area is 163 Å². The number of carbonyl (C=O) groups excluding carboxylic acids is 1. The highest BCUT2D eigenvalue weighted by molar-refractivity contribution is 5.89. The molecule has 1 saturated heterocycles. The van der Waals surface area contributed by atoms with Crippen molar-refractivity contribution in [3.63, 3.8) is 0 Å². The van der Waals surface area contributed by atoms with E-state index in [2.05, 4.69) is 31.4 Å². The molecule has 146 valence electrons. The number of rotatable bonds is 8. The predicted molar refractivity (Wildman–Crippen MR) is 109 cm³/mol. The summed E-state index contributed by atoms with van der Waals surface area (Å²) in [5.41, 5.74) is 3.33. The van der Waals surface area contributed by atoms with E-state index < -0.39 is 5.41 Å². The molecule has 2 rings (SSSR count). The summed E-state index contributed by atoms with van der Waals surface area (Å²) in [5, 5.41) is 9.41. The number of ketones is 1. The third kappa shape index (κ3) is 4.86. The third-order valence-corrected chi connectivity index (χ3v) is 5.91. The van der Waals surface area contributed by atoms with Crippen LogP contribution in [0.3, 0.4) is 0 Å². The van der Waals surface area contributed by atoms with Gasteiger partial charge in [-0.2, -0.15) is 5.26 Å². The van der Waals surface area contributed by atoms with Crippen LogP contribution in [0.1, 0.15) is 56.7 Å². The highest BCUT2D eigenvalue weighted by Gasteiger charge is 2.42. The van der Waals surface area contributed by atoms with Crippen molar-refractivity contribution in [2.75, 3.05) is 26.8 Å². The summed E-state index contributed by atoms with van der Waals surface area (Å²) in [5.74, 6) is 0.199. The van der Waals surface area contributed by atoms with Gasteiger partial charge >= 0.3 is 0 Å². The van der Waals surface area contributed by atoms with E-state index in [0.29, 0.717) is 24.6 Å². The van der Waals surface area contributed by atoms with Crippen molar-refractivity contribution in [3.05, 3.63) is 47.0 Å². The first-order chi connectivity index (χ1) is 12.8. The summed E-state index contributed by atoms with van der Waals surface area (Å²) >= 11 is 0. The molecule has 1 fully saturated rings. The molecular formula is C23H32N2O2. The Balaban J connectivity index is 2.41. The van der Waals surface area contributed by atoms with Gasteiger partial charge in [0.25, 0.3) is 0 Å². The number of nitrogens with zero attached hydrogens (tertiary/aromatic N) is 2. The van der Waals surface area contributed by atoms with Gasteiger partial charge in [-0.15, -0.1) is 0 Å². The quantitative estimate of drug-likeness (QED) is 0.650. The predicted octanol–water partition coefficient (Wildman–Crippen LogP) is 4.02. The molecule has 0 aliphatic carbocycles. The number of hydrogen-bond acceptors (Lipinski definition) is 4. The van der Waals surface area contributed by atoms with Gasteiger partial charge in [0, 0.05) is 19.8 Å². The van der Waals surface area contributed by atoms with Gasteiger partial charge in [0.05, 0.1) is 17.0 Å². The summed E-state index contributed by atoms with van der Waals surface area (Å²) in [6.07, 6.45) is 3.11. The van der Waals surface area contributed by atoms with E-state index >= 15 is 0 Å². The molecule has 0 unspecified atom stereocenters. The van der Waals surface area contributed by atoms with Crippen molar-refractivity contribution in [2.45, 2.75) is 57.9 Å². The Morgan fingerprint density at radius 2 is 2.04 bits per heavy atom. The minimum atomic E-state index is -0.505. The van der Waals surface area contributed by atoms with Crippen LogP contribution in [0.2, 0.25) is 0 Å². The fourth-order valence-corrected chi connectivity index (χ4v) is 4.08. The average molecular weight is 369 g/mol. The van der Waals surface area contributed by atoms with Crippen molar-refractivity contribution < 1.29 is 9.53 Å². The van der Waals surface area contributed by atoms with Crippen LogP contribution in [0.5, 0.6) is 0 Å². The number of benzene rings is 1. The zero-order valence-electron chi connectivity index (χ0n) is 17.2. The van der Waals surface area contributed by atoms with Gasteiger partial charge in [0.2, 0.25) is 0 Å². The van der Waals surface area contributed by atoms with Gasteiger partial charge in [-0.3, -0.25) is 4.79 Å². The van der Waals surface area contributed by atoms with E-state index in [1.165, 1.54) is 0 Å². The molecule has 0 aromatic heterocycles. The lowest BCUT2D eigenvalue weighted by molar-refractivity contribution is -0.124. The van der Waals surface area contributed by atoms with Crippen molar-refractivity contribution in [3.8, 4) is 6.07 Å². The van der Waals surface area contributed by atoms with Crippen molar-refractivity contribution in [1.29, 1.82) is 5.26 Å². The van der Waals surface area contributed by atoms with Gasteiger partial charge in [-0.1, -0.05) is 18.2 Å². The van der Waals surface area contributed by atoms with Gasteiger partial charge in [-0.05, 0) is 82.8 Å². The zero-order chi connectivity index (χ0) is 20.0. The number of Topliss-reactive ketones (excluding diaryl/α,β-unsaturated/α-hetero) is 1. The Kier molecular flexibility index (Phi) is 7.35. The molecule has 1 aliphatic rings. The van der Waals surface area contributed by atoms with Crippen LogP contribution in [0, 0.1) is 11.3 Å². The van der Waals surface area contributed by atoms with Crippen molar-refractivity contribution >= 4 is 5.78 Å². The third-order valence-electron chi connectivity index (χ3n) is 5.91. The molecule has 0 atom stereocenters.